The molecule has 2 aromatic carbocycles. The Labute approximate surface area is 206 Å². The summed E-state index contributed by atoms with van der Waals surface area (Å²) in [5.41, 5.74) is 0.569. The van der Waals surface area contributed by atoms with Crippen molar-refractivity contribution in [3.63, 3.8) is 0 Å². The summed E-state index contributed by atoms with van der Waals surface area (Å²) in [5, 5.41) is 0.595. The van der Waals surface area contributed by atoms with Crippen LogP contribution in [0.25, 0.3) is 0 Å². The molecule has 0 aliphatic rings. The quantitative estimate of drug-likeness (QED) is 0.195. The van der Waals surface area contributed by atoms with Crippen LogP contribution in [-0.2, 0) is 31.2 Å². The molecule has 5 nitrogen and oxygen atoms in total. The highest BCUT2D eigenvalue weighted by molar-refractivity contribution is 7.98. The zero-order chi connectivity index (χ0) is 24.4. The highest BCUT2D eigenvalue weighted by Crippen LogP contribution is 2.38. The van der Waals surface area contributed by atoms with Gasteiger partial charge in [-0.25, -0.2) is 0 Å². The molecule has 0 bridgehead atoms. The standard InChI is InChI=1S/C26H33ClO5S/c1-6-31-24(28)26(15-18(3)4,25(29)32-7-2)16-20-10-11-21(27)14-23(20)33-17-19-8-12-22(30-5)13-9-19/h8-14,18H,6-7,15-17H2,1-5H3. The molecule has 0 N–H and O–H groups in total. The van der Waals surface area contributed by atoms with Gasteiger partial charge in [0.25, 0.3) is 0 Å². The summed E-state index contributed by atoms with van der Waals surface area (Å²) in [6.07, 6.45) is 0.515. The summed E-state index contributed by atoms with van der Waals surface area (Å²) in [6, 6.07) is 13.4. The second-order valence-electron chi connectivity index (χ2n) is 8.19. The predicted octanol–water partition coefficient (Wildman–Crippen LogP) is 6.34. The molecule has 0 atom stereocenters. The third-order valence-electron chi connectivity index (χ3n) is 5.16. The highest BCUT2D eigenvalue weighted by atomic mass is 35.5. The maximum absolute atomic E-state index is 13.2. The van der Waals surface area contributed by atoms with Crippen molar-refractivity contribution in [2.75, 3.05) is 20.3 Å². The van der Waals surface area contributed by atoms with E-state index in [9.17, 15) is 9.59 Å². The Bertz CT molecular complexity index is 909. The monoisotopic (exact) mass is 492 g/mol. The lowest BCUT2D eigenvalue weighted by Gasteiger charge is -2.31. The van der Waals surface area contributed by atoms with Gasteiger partial charge in [0, 0.05) is 22.1 Å². The SMILES string of the molecule is CCOC(=O)C(Cc1ccc(Cl)cc1SCc1ccc(OC)cc1)(CC(C)C)C(=O)OCC. The van der Waals surface area contributed by atoms with E-state index in [1.165, 1.54) is 0 Å². The van der Waals surface area contributed by atoms with Crippen LogP contribution in [0.3, 0.4) is 0 Å². The molecule has 0 radical (unpaired) electrons. The number of methoxy groups -OCH3 is 1. The first-order valence-electron chi connectivity index (χ1n) is 11.1. The van der Waals surface area contributed by atoms with E-state index in [0.717, 1.165) is 21.8 Å². The van der Waals surface area contributed by atoms with Crippen LogP contribution < -0.4 is 4.74 Å². The van der Waals surface area contributed by atoms with Crippen molar-refractivity contribution in [3.8, 4) is 5.75 Å². The molecule has 0 saturated carbocycles. The van der Waals surface area contributed by atoms with Crippen LogP contribution >= 0.6 is 23.4 Å². The van der Waals surface area contributed by atoms with Crippen molar-refractivity contribution >= 4 is 35.3 Å². The van der Waals surface area contributed by atoms with E-state index >= 15 is 0 Å². The molecule has 0 aromatic heterocycles. The van der Waals surface area contributed by atoms with Crippen molar-refractivity contribution in [3.05, 3.63) is 58.6 Å². The first-order valence-corrected chi connectivity index (χ1v) is 12.5. The summed E-state index contributed by atoms with van der Waals surface area (Å²) in [7, 11) is 1.64. The summed E-state index contributed by atoms with van der Waals surface area (Å²) in [5.74, 6) is 0.500. The lowest BCUT2D eigenvalue weighted by atomic mass is 9.75. The highest BCUT2D eigenvalue weighted by Gasteiger charge is 2.49. The Kier molecular flexibility index (Phi) is 10.6. The predicted molar refractivity (Wildman–Crippen MR) is 133 cm³/mol. The number of ether oxygens (including phenoxy) is 3. The van der Waals surface area contributed by atoms with Crippen molar-refractivity contribution < 1.29 is 23.8 Å². The minimum atomic E-state index is -1.41. The molecule has 33 heavy (non-hydrogen) atoms. The maximum Gasteiger partial charge on any atom is 0.323 e. The first-order chi connectivity index (χ1) is 15.7. The van der Waals surface area contributed by atoms with Crippen molar-refractivity contribution in [2.24, 2.45) is 11.3 Å². The van der Waals surface area contributed by atoms with E-state index in [0.29, 0.717) is 17.2 Å². The summed E-state index contributed by atoms with van der Waals surface area (Å²) in [6.45, 7) is 7.82. The number of carbonyl (C=O) groups excluding carboxylic acids is 2. The van der Waals surface area contributed by atoms with Crippen molar-refractivity contribution in [1.29, 1.82) is 0 Å². The number of hydrogen-bond acceptors (Lipinski definition) is 6. The first kappa shape index (κ1) is 27.1. The van der Waals surface area contributed by atoms with Gasteiger partial charge in [-0.15, -0.1) is 11.8 Å². The number of carbonyl (C=O) groups is 2. The number of esters is 2. The topological polar surface area (TPSA) is 61.8 Å². The van der Waals surface area contributed by atoms with Crippen LogP contribution in [0.4, 0.5) is 0 Å². The van der Waals surface area contributed by atoms with Gasteiger partial charge in [-0.3, -0.25) is 9.59 Å². The molecule has 180 valence electrons. The minimum Gasteiger partial charge on any atom is -0.497 e. The van der Waals surface area contributed by atoms with Gasteiger partial charge in [0.1, 0.15) is 5.75 Å². The maximum atomic E-state index is 13.2. The second kappa shape index (κ2) is 12.9. The van der Waals surface area contributed by atoms with E-state index in [1.807, 2.05) is 50.2 Å². The third kappa shape index (κ3) is 7.41. The number of rotatable bonds is 12. The van der Waals surface area contributed by atoms with E-state index in [-0.39, 0.29) is 25.6 Å². The Hall–Kier alpha value is -2.18. The van der Waals surface area contributed by atoms with E-state index in [4.69, 9.17) is 25.8 Å². The van der Waals surface area contributed by atoms with E-state index < -0.39 is 17.4 Å². The van der Waals surface area contributed by atoms with Crippen LogP contribution in [0.15, 0.2) is 47.4 Å². The number of halogens is 1. The molecule has 0 spiro atoms. The number of benzene rings is 2. The Morgan fingerprint density at radius 2 is 1.61 bits per heavy atom. The molecule has 0 fully saturated rings. The minimum absolute atomic E-state index is 0.0847. The lowest BCUT2D eigenvalue weighted by molar-refractivity contribution is -0.173. The van der Waals surface area contributed by atoms with Gasteiger partial charge < -0.3 is 14.2 Å². The smallest absolute Gasteiger partial charge is 0.323 e. The molecule has 0 unspecified atom stereocenters. The van der Waals surface area contributed by atoms with Gasteiger partial charge in [-0.1, -0.05) is 43.6 Å². The fourth-order valence-electron chi connectivity index (χ4n) is 3.72. The van der Waals surface area contributed by atoms with Gasteiger partial charge >= 0.3 is 11.9 Å². The Morgan fingerprint density at radius 3 is 2.12 bits per heavy atom. The Balaban J connectivity index is 2.41. The van der Waals surface area contributed by atoms with E-state index in [1.54, 1.807) is 38.8 Å². The Morgan fingerprint density at radius 1 is 1.00 bits per heavy atom. The fraction of sp³-hybridized carbons (Fsp3) is 0.462. The lowest BCUT2D eigenvalue weighted by Crippen LogP contribution is -2.45. The zero-order valence-corrected chi connectivity index (χ0v) is 21.6. The van der Waals surface area contributed by atoms with E-state index in [2.05, 4.69) is 0 Å². The second-order valence-corrected chi connectivity index (χ2v) is 9.64. The number of hydrogen-bond donors (Lipinski definition) is 0. The summed E-state index contributed by atoms with van der Waals surface area (Å²) < 4.78 is 16.0. The normalized spacial score (nSPS) is 11.4. The van der Waals surface area contributed by atoms with Crippen molar-refractivity contribution in [1.82, 2.24) is 0 Å². The van der Waals surface area contributed by atoms with Crippen LogP contribution in [0.5, 0.6) is 5.75 Å². The summed E-state index contributed by atoms with van der Waals surface area (Å²) >= 11 is 7.91. The van der Waals surface area contributed by atoms with Crippen molar-refractivity contribution in [2.45, 2.75) is 51.2 Å². The van der Waals surface area contributed by atoms with Crippen LogP contribution in [0, 0.1) is 11.3 Å². The zero-order valence-electron chi connectivity index (χ0n) is 20.0. The van der Waals surface area contributed by atoms with Gasteiger partial charge in [0.15, 0.2) is 5.41 Å². The molecule has 0 saturated heterocycles. The van der Waals surface area contributed by atoms with Crippen LogP contribution in [0.2, 0.25) is 5.02 Å². The van der Waals surface area contributed by atoms with Gasteiger partial charge in [-0.2, -0.15) is 0 Å². The molecular weight excluding hydrogens is 460 g/mol. The largest absolute Gasteiger partial charge is 0.497 e. The molecule has 0 heterocycles. The fourth-order valence-corrected chi connectivity index (χ4v) is 5.01. The summed E-state index contributed by atoms with van der Waals surface area (Å²) in [4.78, 5) is 27.3. The molecule has 2 rings (SSSR count). The average Bonchev–Trinajstić information content (AvgIpc) is 2.78. The molecule has 0 aliphatic carbocycles. The van der Waals surface area contributed by atoms with Gasteiger partial charge in [-0.05, 0) is 61.6 Å². The van der Waals surface area contributed by atoms with Gasteiger partial charge in [0.05, 0.1) is 20.3 Å². The third-order valence-corrected chi connectivity index (χ3v) is 6.57. The molecule has 0 amide bonds. The van der Waals surface area contributed by atoms with Gasteiger partial charge in [0.2, 0.25) is 0 Å². The molecular formula is C26H33ClO5S. The number of thioether (sulfide) groups is 1. The van der Waals surface area contributed by atoms with Crippen LogP contribution in [-0.4, -0.2) is 32.3 Å². The molecule has 7 heteroatoms. The van der Waals surface area contributed by atoms with Crippen LogP contribution in [0.1, 0.15) is 45.2 Å². The average molecular weight is 493 g/mol. The molecule has 0 aliphatic heterocycles. The molecule has 2 aromatic rings.